The highest BCUT2D eigenvalue weighted by atomic mass is 19.3. The number of anilines is 2. The van der Waals surface area contributed by atoms with E-state index in [-0.39, 0.29) is 28.8 Å². The van der Waals surface area contributed by atoms with E-state index in [9.17, 15) is 33.4 Å². The fraction of sp³-hybridized carbons (Fsp3) is 0.382. The Morgan fingerprint density at radius 2 is 1.77 bits per heavy atom. The third-order valence-electron chi connectivity index (χ3n) is 9.53. The number of fused-ring (bicyclic) bond motifs is 2. The van der Waals surface area contributed by atoms with E-state index in [1.54, 1.807) is 17.9 Å². The number of ether oxygens (including phenoxy) is 1. The molecular weight excluding hydrogens is 626 g/mol. The van der Waals surface area contributed by atoms with Crippen molar-refractivity contribution in [2.75, 3.05) is 31.2 Å². The van der Waals surface area contributed by atoms with Crippen molar-refractivity contribution >= 4 is 29.4 Å². The lowest BCUT2D eigenvalue weighted by atomic mass is 9.92. The molecule has 2 aromatic carbocycles. The first kappa shape index (κ1) is 31.5. The van der Waals surface area contributed by atoms with Crippen molar-refractivity contribution in [3.05, 3.63) is 76.2 Å². The maximum Gasteiger partial charge on any atom is 0.336 e. The second kappa shape index (κ2) is 12.5. The molecule has 3 aliphatic heterocycles. The number of carboxylic acid groups (broad SMARTS) is 2. The van der Waals surface area contributed by atoms with Crippen LogP contribution in [0.1, 0.15) is 81.8 Å². The van der Waals surface area contributed by atoms with Crippen LogP contribution in [0.2, 0.25) is 0 Å². The predicted molar refractivity (Wildman–Crippen MR) is 169 cm³/mol. The second-order valence-electron chi connectivity index (χ2n) is 12.4. The Morgan fingerprint density at radius 3 is 2.48 bits per heavy atom. The number of carbonyl (C=O) groups is 3. The van der Waals surface area contributed by atoms with E-state index in [4.69, 9.17) is 9.84 Å². The van der Waals surface area contributed by atoms with Crippen LogP contribution in [-0.2, 0) is 28.9 Å². The molecule has 0 atom stereocenters. The SMILES string of the molecule is CC(=O)N1CCc2c(c(N3CCCc4cc(-c5cnn(-c6ccc(C(=O)O)c(C(=O)O)c6)c5)c(C(F)F)cc43)nn2C2CCOCC2)C1. The van der Waals surface area contributed by atoms with E-state index >= 15 is 0 Å². The van der Waals surface area contributed by atoms with Crippen LogP contribution in [0.15, 0.2) is 42.7 Å². The first-order chi connectivity index (χ1) is 23.1. The van der Waals surface area contributed by atoms with Crippen LogP contribution in [0.5, 0.6) is 0 Å². The molecule has 250 valence electrons. The van der Waals surface area contributed by atoms with Gasteiger partial charge in [0.25, 0.3) is 6.43 Å². The van der Waals surface area contributed by atoms with E-state index in [0.29, 0.717) is 68.3 Å². The maximum atomic E-state index is 14.8. The first-order valence-corrected chi connectivity index (χ1v) is 15.9. The lowest BCUT2D eigenvalue weighted by molar-refractivity contribution is -0.129. The van der Waals surface area contributed by atoms with Crippen LogP contribution in [-0.4, -0.2) is 78.8 Å². The quantitative estimate of drug-likeness (QED) is 0.266. The third kappa shape index (κ3) is 5.59. The topological polar surface area (TPSA) is 143 Å². The highest BCUT2D eigenvalue weighted by molar-refractivity contribution is 6.02. The molecule has 48 heavy (non-hydrogen) atoms. The monoisotopic (exact) mass is 660 g/mol. The molecule has 2 N–H and O–H groups in total. The minimum Gasteiger partial charge on any atom is -0.478 e. The van der Waals surface area contributed by atoms with Crippen molar-refractivity contribution in [1.82, 2.24) is 24.5 Å². The average Bonchev–Trinajstić information content (AvgIpc) is 3.73. The Hall–Kier alpha value is -5.11. The smallest absolute Gasteiger partial charge is 0.336 e. The van der Waals surface area contributed by atoms with Gasteiger partial charge in [0.1, 0.15) is 0 Å². The van der Waals surface area contributed by atoms with Crippen molar-refractivity contribution < 1.29 is 38.1 Å². The Labute approximate surface area is 274 Å². The molecule has 5 heterocycles. The van der Waals surface area contributed by atoms with E-state index in [0.717, 1.165) is 36.1 Å². The fourth-order valence-corrected chi connectivity index (χ4v) is 7.09. The van der Waals surface area contributed by atoms with Crippen molar-refractivity contribution in [2.24, 2.45) is 0 Å². The molecule has 0 saturated carbocycles. The molecule has 1 amide bonds. The molecule has 2 aromatic heterocycles. The van der Waals surface area contributed by atoms with Gasteiger partial charge in [0.2, 0.25) is 5.91 Å². The van der Waals surface area contributed by atoms with Crippen LogP contribution in [0.25, 0.3) is 16.8 Å². The number of hydrogen-bond acceptors (Lipinski definition) is 7. The minimum absolute atomic E-state index is 0.0216. The third-order valence-corrected chi connectivity index (χ3v) is 9.53. The molecule has 14 heteroatoms. The summed E-state index contributed by atoms with van der Waals surface area (Å²) in [6.07, 6.45) is 3.90. The molecule has 7 rings (SSSR count). The molecule has 0 aliphatic carbocycles. The van der Waals surface area contributed by atoms with Gasteiger partial charge in [-0.15, -0.1) is 0 Å². The highest BCUT2D eigenvalue weighted by Gasteiger charge is 2.34. The summed E-state index contributed by atoms with van der Waals surface area (Å²) in [7, 11) is 0. The van der Waals surface area contributed by atoms with Crippen molar-refractivity contribution in [2.45, 2.75) is 58.0 Å². The Balaban J connectivity index is 1.29. The highest BCUT2D eigenvalue weighted by Crippen LogP contribution is 2.43. The molecular formula is C34H34F2N6O6. The maximum absolute atomic E-state index is 14.8. The Kier molecular flexibility index (Phi) is 8.19. The summed E-state index contributed by atoms with van der Waals surface area (Å²) in [5.41, 5.74) is 3.59. The van der Waals surface area contributed by atoms with Crippen molar-refractivity contribution in [3.8, 4) is 16.8 Å². The summed E-state index contributed by atoms with van der Waals surface area (Å²) in [4.78, 5) is 39.4. The summed E-state index contributed by atoms with van der Waals surface area (Å²) in [5.74, 6) is -2.11. The predicted octanol–water partition coefficient (Wildman–Crippen LogP) is 5.41. The van der Waals surface area contributed by atoms with Gasteiger partial charge in [-0.3, -0.25) is 9.48 Å². The number of benzene rings is 2. The summed E-state index contributed by atoms with van der Waals surface area (Å²) >= 11 is 0. The number of carboxylic acids is 2. The van der Waals surface area contributed by atoms with Crippen LogP contribution >= 0.6 is 0 Å². The molecule has 0 radical (unpaired) electrons. The van der Waals surface area contributed by atoms with Crippen molar-refractivity contribution in [1.29, 1.82) is 0 Å². The minimum atomic E-state index is -2.81. The van der Waals surface area contributed by atoms with E-state index < -0.39 is 23.9 Å². The number of alkyl halides is 2. The van der Waals surface area contributed by atoms with Crippen LogP contribution in [0.4, 0.5) is 20.3 Å². The number of aromatic nitrogens is 4. The molecule has 3 aliphatic rings. The molecule has 0 spiro atoms. The van der Waals surface area contributed by atoms with Crippen LogP contribution in [0, 0.1) is 0 Å². The number of aryl methyl sites for hydroxylation is 1. The van der Waals surface area contributed by atoms with Crippen LogP contribution in [0.3, 0.4) is 0 Å². The van der Waals surface area contributed by atoms with E-state index in [1.807, 2.05) is 4.90 Å². The zero-order valence-corrected chi connectivity index (χ0v) is 26.2. The van der Waals surface area contributed by atoms with Gasteiger partial charge in [-0.05, 0) is 67.1 Å². The second-order valence-corrected chi connectivity index (χ2v) is 12.4. The summed E-state index contributed by atoms with van der Waals surface area (Å²) in [6.45, 7) is 4.44. The largest absolute Gasteiger partial charge is 0.478 e. The van der Waals surface area contributed by atoms with Gasteiger partial charge in [0.05, 0.1) is 35.6 Å². The summed E-state index contributed by atoms with van der Waals surface area (Å²) in [5, 5.41) is 28.3. The summed E-state index contributed by atoms with van der Waals surface area (Å²) < 4.78 is 38.7. The fourth-order valence-electron chi connectivity index (χ4n) is 7.09. The van der Waals surface area contributed by atoms with Gasteiger partial charge in [-0.1, -0.05) is 0 Å². The first-order valence-electron chi connectivity index (χ1n) is 15.9. The number of hydrogen-bond donors (Lipinski definition) is 2. The zero-order valence-electron chi connectivity index (χ0n) is 26.2. The molecule has 4 aromatic rings. The molecule has 0 bridgehead atoms. The van der Waals surface area contributed by atoms with Gasteiger partial charge in [0.15, 0.2) is 5.82 Å². The number of amides is 1. The number of rotatable bonds is 7. The number of halogens is 2. The van der Waals surface area contributed by atoms with Crippen molar-refractivity contribution in [3.63, 3.8) is 0 Å². The normalized spacial score (nSPS) is 16.6. The molecule has 1 fully saturated rings. The average molecular weight is 661 g/mol. The lowest BCUT2D eigenvalue weighted by Crippen LogP contribution is -2.36. The Morgan fingerprint density at radius 1 is 1.00 bits per heavy atom. The van der Waals surface area contributed by atoms with Crippen LogP contribution < -0.4 is 4.90 Å². The van der Waals surface area contributed by atoms with E-state index in [1.165, 1.54) is 41.3 Å². The number of carbonyl (C=O) groups excluding carboxylic acids is 1. The van der Waals surface area contributed by atoms with Gasteiger partial charge in [-0.2, -0.15) is 10.2 Å². The molecule has 0 unspecified atom stereocenters. The summed E-state index contributed by atoms with van der Waals surface area (Å²) in [6, 6.07) is 7.24. The zero-order chi connectivity index (χ0) is 33.7. The standard InChI is InChI=1S/C34H34F2N6O6/c1-19(43)39-10-6-29-28(18-39)32(38-42(29)22-7-11-48-12-8-22)40-9-2-3-20-13-25(26(31(35)36)15-30(20)40)21-16-37-41(17-21)23-4-5-24(33(44)45)27(14-23)34(46)47/h4-5,13-17,22,31H,2-3,6-12,18H2,1H3,(H,44,45)(H,46,47). The number of aromatic carboxylic acids is 2. The number of nitrogens with zero attached hydrogens (tertiary/aromatic N) is 6. The van der Waals surface area contributed by atoms with E-state index in [2.05, 4.69) is 9.78 Å². The van der Waals surface area contributed by atoms with Gasteiger partial charge in [-0.25, -0.2) is 23.1 Å². The molecule has 12 nitrogen and oxygen atoms in total. The van der Waals surface area contributed by atoms with Gasteiger partial charge >= 0.3 is 11.9 Å². The van der Waals surface area contributed by atoms with Gasteiger partial charge < -0.3 is 24.7 Å². The molecule has 1 saturated heterocycles. The lowest BCUT2D eigenvalue weighted by Gasteiger charge is -2.33. The van der Waals surface area contributed by atoms with Gasteiger partial charge in [0, 0.05) is 73.9 Å². The Bertz CT molecular complexity index is 1930.